The van der Waals surface area contributed by atoms with Gasteiger partial charge in [-0.25, -0.2) is 9.97 Å². The summed E-state index contributed by atoms with van der Waals surface area (Å²) in [5.41, 5.74) is 2.85. The summed E-state index contributed by atoms with van der Waals surface area (Å²) in [6.07, 6.45) is 2.77. The Morgan fingerprint density at radius 2 is 1.70 bits per heavy atom. The summed E-state index contributed by atoms with van der Waals surface area (Å²) in [5.74, 6) is 0.873. The van der Waals surface area contributed by atoms with Crippen LogP contribution in [0.1, 0.15) is 48.5 Å². The van der Waals surface area contributed by atoms with Crippen LogP contribution in [0.3, 0.4) is 0 Å². The zero-order valence-electron chi connectivity index (χ0n) is 12.4. The molecule has 5 nitrogen and oxygen atoms in total. The quantitative estimate of drug-likeness (QED) is 0.879. The van der Waals surface area contributed by atoms with Gasteiger partial charge < -0.3 is 10.4 Å². The number of carbonyl (C=O) groups excluding carboxylic acids is 1. The van der Waals surface area contributed by atoms with Crippen molar-refractivity contribution >= 4 is 5.91 Å². The lowest BCUT2D eigenvalue weighted by Crippen LogP contribution is -2.34. The average molecular weight is 277 g/mol. The second kappa shape index (κ2) is 6.31. The van der Waals surface area contributed by atoms with Crippen LogP contribution in [-0.2, 0) is 11.3 Å². The maximum Gasteiger partial charge on any atom is 0.223 e. The van der Waals surface area contributed by atoms with Crippen molar-refractivity contribution in [1.29, 1.82) is 0 Å². The lowest BCUT2D eigenvalue weighted by molar-refractivity contribution is -0.126. The predicted octanol–water partition coefficient (Wildman–Crippen LogP) is 1.57. The van der Waals surface area contributed by atoms with Gasteiger partial charge in [0.05, 0.1) is 6.10 Å². The van der Waals surface area contributed by atoms with Gasteiger partial charge >= 0.3 is 0 Å². The van der Waals surface area contributed by atoms with Crippen LogP contribution in [0.2, 0.25) is 0 Å². The molecule has 0 bridgehead atoms. The van der Waals surface area contributed by atoms with Crippen LogP contribution in [0, 0.1) is 26.7 Å². The highest BCUT2D eigenvalue weighted by atomic mass is 16.3. The van der Waals surface area contributed by atoms with Crippen LogP contribution < -0.4 is 5.32 Å². The summed E-state index contributed by atoms with van der Waals surface area (Å²) in [4.78, 5) is 20.8. The van der Waals surface area contributed by atoms with Crippen LogP contribution in [0.4, 0.5) is 0 Å². The normalized spacial score (nSPS) is 22.6. The van der Waals surface area contributed by atoms with E-state index in [2.05, 4.69) is 15.3 Å². The Hall–Kier alpha value is -1.49. The average Bonchev–Trinajstić information content (AvgIpc) is 2.38. The summed E-state index contributed by atoms with van der Waals surface area (Å²) in [6, 6.07) is 0. The molecule has 1 heterocycles. The van der Waals surface area contributed by atoms with Crippen molar-refractivity contribution in [3.05, 3.63) is 22.8 Å². The lowest BCUT2D eigenvalue weighted by Gasteiger charge is -2.24. The highest BCUT2D eigenvalue weighted by Crippen LogP contribution is 2.24. The molecule has 0 radical (unpaired) electrons. The standard InChI is InChI=1S/C15H23N3O2/c1-9-14(10(2)18-11(3)17-9)8-16-15(20)12-4-6-13(19)7-5-12/h12-13,19H,4-8H2,1-3H3,(H,16,20). The molecular weight excluding hydrogens is 254 g/mol. The van der Waals surface area contributed by atoms with Gasteiger partial charge in [-0.15, -0.1) is 0 Å². The van der Waals surface area contributed by atoms with Crippen LogP contribution in [0.25, 0.3) is 0 Å². The monoisotopic (exact) mass is 277 g/mol. The van der Waals surface area contributed by atoms with Crippen molar-refractivity contribution in [2.75, 3.05) is 0 Å². The maximum absolute atomic E-state index is 12.1. The molecule has 1 aliphatic rings. The highest BCUT2D eigenvalue weighted by Gasteiger charge is 2.25. The molecular formula is C15H23N3O2. The number of aromatic nitrogens is 2. The molecule has 1 fully saturated rings. The first-order chi connectivity index (χ1) is 9.47. The highest BCUT2D eigenvalue weighted by molar-refractivity contribution is 5.78. The van der Waals surface area contributed by atoms with Crippen molar-refractivity contribution < 1.29 is 9.90 Å². The molecule has 20 heavy (non-hydrogen) atoms. The van der Waals surface area contributed by atoms with E-state index in [0.717, 1.165) is 48.5 Å². The smallest absolute Gasteiger partial charge is 0.223 e. The fourth-order valence-electron chi connectivity index (χ4n) is 2.82. The van der Waals surface area contributed by atoms with Crippen molar-refractivity contribution in [1.82, 2.24) is 15.3 Å². The number of hydrogen-bond donors (Lipinski definition) is 2. The third kappa shape index (κ3) is 3.54. The molecule has 0 aromatic carbocycles. The lowest BCUT2D eigenvalue weighted by atomic mass is 9.87. The molecule has 0 atom stereocenters. The number of aryl methyl sites for hydroxylation is 3. The van der Waals surface area contributed by atoms with E-state index < -0.39 is 0 Å². The van der Waals surface area contributed by atoms with Gasteiger partial charge in [-0.2, -0.15) is 0 Å². The largest absolute Gasteiger partial charge is 0.393 e. The Morgan fingerprint density at radius 1 is 1.15 bits per heavy atom. The first-order valence-corrected chi connectivity index (χ1v) is 7.24. The number of nitrogens with zero attached hydrogens (tertiary/aromatic N) is 2. The fourth-order valence-corrected chi connectivity index (χ4v) is 2.82. The van der Waals surface area contributed by atoms with E-state index in [1.54, 1.807) is 0 Å². The van der Waals surface area contributed by atoms with E-state index >= 15 is 0 Å². The van der Waals surface area contributed by atoms with E-state index in [1.807, 2.05) is 20.8 Å². The van der Waals surface area contributed by atoms with Gasteiger partial charge in [-0.05, 0) is 46.5 Å². The molecule has 2 N–H and O–H groups in total. The number of nitrogens with one attached hydrogen (secondary N) is 1. The van der Waals surface area contributed by atoms with Gasteiger partial charge in [0.1, 0.15) is 5.82 Å². The second-order valence-corrected chi connectivity index (χ2v) is 5.64. The first-order valence-electron chi connectivity index (χ1n) is 7.24. The Morgan fingerprint density at radius 3 is 2.25 bits per heavy atom. The van der Waals surface area contributed by atoms with E-state index in [9.17, 15) is 9.90 Å². The Kier molecular flexibility index (Phi) is 4.70. The molecule has 1 saturated carbocycles. The zero-order chi connectivity index (χ0) is 14.7. The fraction of sp³-hybridized carbons (Fsp3) is 0.667. The molecule has 0 saturated heterocycles. The van der Waals surface area contributed by atoms with Crippen LogP contribution in [0.5, 0.6) is 0 Å². The number of aliphatic hydroxyl groups is 1. The van der Waals surface area contributed by atoms with Gasteiger partial charge in [0.15, 0.2) is 0 Å². The summed E-state index contributed by atoms with van der Waals surface area (Å²) in [6.45, 7) is 6.24. The van der Waals surface area contributed by atoms with Gasteiger partial charge in [-0.3, -0.25) is 4.79 Å². The zero-order valence-corrected chi connectivity index (χ0v) is 12.4. The van der Waals surface area contributed by atoms with E-state index in [-0.39, 0.29) is 17.9 Å². The minimum atomic E-state index is -0.228. The molecule has 110 valence electrons. The van der Waals surface area contributed by atoms with Crippen molar-refractivity contribution in [2.24, 2.45) is 5.92 Å². The summed E-state index contributed by atoms with van der Waals surface area (Å²) in [5, 5.41) is 12.5. The number of carbonyl (C=O) groups is 1. The number of aliphatic hydroxyl groups excluding tert-OH is 1. The van der Waals surface area contributed by atoms with E-state index in [0.29, 0.717) is 6.54 Å². The van der Waals surface area contributed by atoms with Crippen molar-refractivity contribution in [3.63, 3.8) is 0 Å². The molecule has 1 amide bonds. The van der Waals surface area contributed by atoms with Gasteiger partial charge in [0.2, 0.25) is 5.91 Å². The molecule has 2 rings (SSSR count). The molecule has 1 aromatic heterocycles. The third-order valence-electron chi connectivity index (χ3n) is 4.04. The number of amides is 1. The summed E-state index contributed by atoms with van der Waals surface area (Å²) in [7, 11) is 0. The van der Waals surface area contributed by atoms with Crippen LogP contribution in [-0.4, -0.2) is 27.1 Å². The number of hydrogen-bond acceptors (Lipinski definition) is 4. The van der Waals surface area contributed by atoms with E-state index in [1.165, 1.54) is 0 Å². The minimum Gasteiger partial charge on any atom is -0.393 e. The third-order valence-corrected chi connectivity index (χ3v) is 4.04. The SMILES string of the molecule is Cc1nc(C)c(CNC(=O)C2CCC(O)CC2)c(C)n1. The molecule has 0 unspecified atom stereocenters. The Labute approximate surface area is 119 Å². The predicted molar refractivity (Wildman–Crippen MR) is 76.1 cm³/mol. The van der Waals surface area contributed by atoms with Crippen molar-refractivity contribution in [2.45, 2.75) is 59.1 Å². The maximum atomic E-state index is 12.1. The molecule has 0 aliphatic heterocycles. The van der Waals surface area contributed by atoms with Crippen molar-refractivity contribution in [3.8, 4) is 0 Å². The Bertz CT molecular complexity index is 471. The topological polar surface area (TPSA) is 75.1 Å². The van der Waals surface area contributed by atoms with Crippen LogP contribution >= 0.6 is 0 Å². The minimum absolute atomic E-state index is 0.0328. The van der Waals surface area contributed by atoms with Gasteiger partial charge in [0.25, 0.3) is 0 Å². The Balaban J connectivity index is 1.94. The van der Waals surface area contributed by atoms with Gasteiger partial charge in [0, 0.05) is 29.4 Å². The molecule has 1 aromatic rings. The number of rotatable bonds is 3. The van der Waals surface area contributed by atoms with E-state index in [4.69, 9.17) is 0 Å². The van der Waals surface area contributed by atoms with Crippen LogP contribution in [0.15, 0.2) is 0 Å². The first kappa shape index (κ1) is 14.9. The molecule has 1 aliphatic carbocycles. The van der Waals surface area contributed by atoms with Gasteiger partial charge in [-0.1, -0.05) is 0 Å². The molecule has 5 heteroatoms. The second-order valence-electron chi connectivity index (χ2n) is 5.64. The summed E-state index contributed by atoms with van der Waals surface area (Å²) < 4.78 is 0. The summed E-state index contributed by atoms with van der Waals surface area (Å²) >= 11 is 0. The molecule has 0 spiro atoms.